The number of likely N-dealkylation sites (tertiary alicyclic amines) is 2. The summed E-state index contributed by atoms with van der Waals surface area (Å²) in [5.41, 5.74) is 11.6. The molecule has 4 amide bonds. The van der Waals surface area contributed by atoms with E-state index in [2.05, 4.69) is 89.0 Å². The second-order valence-corrected chi connectivity index (χ2v) is 20.1. The lowest BCUT2D eigenvalue weighted by atomic mass is 9.63. The zero-order chi connectivity index (χ0) is 46.6. The molecule has 6 unspecified atom stereocenters. The van der Waals surface area contributed by atoms with Gasteiger partial charge < -0.3 is 39.9 Å². The van der Waals surface area contributed by atoms with Gasteiger partial charge in [0, 0.05) is 13.1 Å². The molecule has 6 atom stereocenters. The van der Waals surface area contributed by atoms with Gasteiger partial charge in [0.05, 0.1) is 49.2 Å². The maximum absolute atomic E-state index is 14.0. The van der Waals surface area contributed by atoms with Gasteiger partial charge in [-0.3, -0.25) is 9.59 Å². The predicted molar refractivity (Wildman–Crippen MR) is 253 cm³/mol. The van der Waals surface area contributed by atoms with Crippen molar-refractivity contribution in [3.63, 3.8) is 0 Å². The summed E-state index contributed by atoms with van der Waals surface area (Å²) in [6, 6.07) is 18.0. The van der Waals surface area contributed by atoms with Crippen LogP contribution in [0, 0.1) is 23.7 Å². The minimum absolute atomic E-state index is 0.113. The Bertz CT molecular complexity index is 2630. The van der Waals surface area contributed by atoms with Gasteiger partial charge in [-0.15, -0.1) is 0 Å². The molecule has 4 heterocycles. The van der Waals surface area contributed by atoms with Crippen molar-refractivity contribution in [2.75, 3.05) is 27.3 Å². The third-order valence-corrected chi connectivity index (χ3v) is 14.7. The Morgan fingerprint density at radius 1 is 0.652 bits per heavy atom. The molecule has 14 nitrogen and oxygen atoms in total. The fourth-order valence-electron chi connectivity index (χ4n) is 11.4. The number of imidazole rings is 2. The molecule has 2 saturated heterocycles. The van der Waals surface area contributed by atoms with Gasteiger partial charge >= 0.3 is 12.2 Å². The Morgan fingerprint density at radius 3 is 1.65 bits per heavy atom. The Kier molecular flexibility index (Phi) is 12.4. The van der Waals surface area contributed by atoms with Crippen molar-refractivity contribution in [3.8, 4) is 33.5 Å². The second kappa shape index (κ2) is 18.2. The number of aromatic nitrogens is 4. The van der Waals surface area contributed by atoms with E-state index in [0.717, 1.165) is 52.3 Å². The number of amides is 4. The van der Waals surface area contributed by atoms with E-state index in [4.69, 9.17) is 19.4 Å². The monoisotopic (exact) mass is 896 g/mol. The van der Waals surface area contributed by atoms with Gasteiger partial charge in [0.1, 0.15) is 23.7 Å². The highest BCUT2D eigenvalue weighted by Crippen LogP contribution is 2.55. The van der Waals surface area contributed by atoms with Crippen LogP contribution in [0.4, 0.5) is 9.59 Å². The molecule has 3 aliphatic carbocycles. The highest BCUT2D eigenvalue weighted by atomic mass is 16.5. The smallest absolute Gasteiger partial charge is 0.407 e. The number of H-pyrrole nitrogens is 2. The minimum Gasteiger partial charge on any atom is -0.453 e. The quantitative estimate of drug-likeness (QED) is 0.101. The van der Waals surface area contributed by atoms with Crippen LogP contribution in [-0.2, 0) is 19.1 Å². The van der Waals surface area contributed by atoms with Gasteiger partial charge in [0.2, 0.25) is 11.8 Å². The van der Waals surface area contributed by atoms with E-state index < -0.39 is 24.3 Å². The van der Waals surface area contributed by atoms with Crippen LogP contribution in [0.25, 0.3) is 44.5 Å². The number of nitrogens with one attached hydrogen (secondary N) is 4. The fraction of sp³-hybridized carbons (Fsp3) is 0.500. The molecule has 1 saturated carbocycles. The van der Waals surface area contributed by atoms with Crippen LogP contribution in [0.2, 0.25) is 0 Å². The highest BCUT2D eigenvalue weighted by Gasteiger charge is 2.42. The van der Waals surface area contributed by atoms with Gasteiger partial charge in [-0.2, -0.15) is 0 Å². The molecule has 2 aliphatic heterocycles. The summed E-state index contributed by atoms with van der Waals surface area (Å²) in [6.07, 6.45) is 6.97. The number of hydrogen-bond acceptors (Lipinski definition) is 8. The van der Waals surface area contributed by atoms with Crippen LogP contribution in [-0.4, -0.2) is 93.1 Å². The van der Waals surface area contributed by atoms with Crippen LogP contribution in [0.3, 0.4) is 0 Å². The number of hydrogen-bond donors (Lipinski definition) is 4. The van der Waals surface area contributed by atoms with E-state index in [0.29, 0.717) is 24.9 Å². The molecule has 5 aliphatic rings. The third-order valence-electron chi connectivity index (χ3n) is 14.7. The molecule has 5 aromatic rings. The second-order valence-electron chi connectivity index (χ2n) is 20.1. The molecule has 0 radical (unpaired) electrons. The van der Waals surface area contributed by atoms with Gasteiger partial charge in [-0.1, -0.05) is 84.0 Å². The first kappa shape index (κ1) is 45.0. The van der Waals surface area contributed by atoms with Crippen molar-refractivity contribution in [3.05, 3.63) is 83.6 Å². The normalized spacial score (nSPS) is 23.3. The predicted octanol–water partition coefficient (Wildman–Crippen LogP) is 9.62. The van der Waals surface area contributed by atoms with E-state index in [-0.39, 0.29) is 47.6 Å². The number of methoxy groups -OCH3 is 2. The average Bonchev–Trinajstić information content (AvgIpc) is 4.15. The topological polar surface area (TPSA) is 175 Å². The first-order valence-electron chi connectivity index (χ1n) is 23.8. The number of carbonyl (C=O) groups excluding carboxylic acids is 4. The van der Waals surface area contributed by atoms with Crippen molar-refractivity contribution in [2.24, 2.45) is 23.7 Å². The summed E-state index contributed by atoms with van der Waals surface area (Å²) in [5, 5.41) is 5.50. The lowest BCUT2D eigenvalue weighted by Crippen LogP contribution is -2.51. The number of ether oxygens (including phenoxy) is 2. The molecule has 66 heavy (non-hydrogen) atoms. The number of carbonyl (C=O) groups is 4. The van der Waals surface area contributed by atoms with E-state index in [9.17, 15) is 19.2 Å². The highest BCUT2D eigenvalue weighted by molar-refractivity contribution is 5.89. The van der Waals surface area contributed by atoms with E-state index in [1.54, 1.807) is 0 Å². The summed E-state index contributed by atoms with van der Waals surface area (Å²) in [7, 11) is 2.61. The fourth-order valence-corrected chi connectivity index (χ4v) is 11.4. The molecule has 0 spiro atoms. The van der Waals surface area contributed by atoms with Crippen LogP contribution in [0.15, 0.2) is 60.8 Å². The van der Waals surface area contributed by atoms with E-state index in [1.165, 1.54) is 67.7 Å². The largest absolute Gasteiger partial charge is 0.453 e. The van der Waals surface area contributed by atoms with Crippen molar-refractivity contribution in [1.29, 1.82) is 0 Å². The molecular weight excluding hydrogens is 833 g/mol. The van der Waals surface area contributed by atoms with Crippen molar-refractivity contribution < 1.29 is 28.7 Å². The molecular formula is C52H64N8O6. The Morgan fingerprint density at radius 2 is 1.14 bits per heavy atom. The Labute approximate surface area is 387 Å². The zero-order valence-electron chi connectivity index (χ0n) is 39.4. The molecule has 4 N–H and O–H groups in total. The van der Waals surface area contributed by atoms with Crippen LogP contribution < -0.4 is 10.6 Å². The molecule has 3 aromatic carbocycles. The summed E-state index contributed by atoms with van der Waals surface area (Å²) < 4.78 is 9.67. The standard InChI is InChI=1S/C52H64N8O6/c1-27(2)45(57-51(63)65-7)49(61)59-25-29(5)21-41(59)47-53-24-40(56-47)32-11-9-31(10-12-32)36-18-19-37(44-34-15-13-33(14-16-34)43(36)44)35-17-20-38-39(23-35)55-48(54-38)42-22-30(6)26-60(42)50(62)46(28(3)4)58-52(64)66-8/h9-12,17-20,23-24,27-30,33-34,41-42,45-46H,13-16,21-22,25-26H2,1-8H3,(H,53,56)(H,54,55)(H,57,63)(H,58,64). The van der Waals surface area contributed by atoms with Crippen molar-refractivity contribution >= 4 is 35.0 Å². The first-order chi connectivity index (χ1) is 31.7. The van der Waals surface area contributed by atoms with E-state index in [1.807, 2.05) is 43.7 Å². The average molecular weight is 897 g/mol. The number of rotatable bonds is 11. The summed E-state index contributed by atoms with van der Waals surface area (Å²) in [4.78, 5) is 72.9. The molecule has 3 fully saturated rings. The third kappa shape index (κ3) is 8.43. The molecule has 2 bridgehead atoms. The number of fused-ring (bicyclic) bond motifs is 3. The number of aromatic amines is 2. The van der Waals surface area contributed by atoms with E-state index >= 15 is 0 Å². The lowest BCUT2D eigenvalue weighted by molar-refractivity contribution is -0.136. The maximum Gasteiger partial charge on any atom is 0.407 e. The van der Waals surface area contributed by atoms with Gasteiger partial charge in [0.25, 0.3) is 0 Å². The minimum atomic E-state index is -0.700. The number of nitrogens with zero attached hydrogens (tertiary/aromatic N) is 4. The Hall–Kier alpha value is -6.18. The van der Waals surface area contributed by atoms with Crippen molar-refractivity contribution in [2.45, 2.75) is 116 Å². The Balaban J connectivity index is 0.973. The SMILES string of the molecule is COC(=O)NC(C(=O)N1CC(C)CC1c1ncc(-c2ccc(-c3ccc(-c4ccc5nc(C6CC(C)CN6C(=O)C(NC(=O)OC)C(C)C)[nH]c5c4)c4c3C3CCC4CC3)cc2)[nH]1)C(C)C. The van der Waals surface area contributed by atoms with Crippen LogP contribution >= 0.6 is 0 Å². The van der Waals surface area contributed by atoms with Gasteiger partial charge in [-0.05, 0) is 125 Å². The summed E-state index contributed by atoms with van der Waals surface area (Å²) in [6.45, 7) is 13.2. The maximum atomic E-state index is 14.0. The van der Waals surface area contributed by atoms with Crippen LogP contribution in [0.1, 0.15) is 127 Å². The summed E-state index contributed by atoms with van der Waals surface area (Å²) in [5.74, 6) is 2.60. The molecule has 10 rings (SSSR count). The molecule has 2 aromatic heterocycles. The number of benzene rings is 3. The first-order valence-corrected chi connectivity index (χ1v) is 23.8. The van der Waals surface area contributed by atoms with Crippen molar-refractivity contribution in [1.82, 2.24) is 40.4 Å². The molecule has 348 valence electrons. The summed E-state index contributed by atoms with van der Waals surface area (Å²) >= 11 is 0. The van der Waals surface area contributed by atoms with Gasteiger partial charge in [-0.25, -0.2) is 19.6 Å². The number of alkyl carbamates (subject to hydrolysis) is 2. The lowest BCUT2D eigenvalue weighted by Gasteiger charge is -2.41. The molecule has 14 heteroatoms. The zero-order valence-corrected chi connectivity index (χ0v) is 39.4. The van der Waals surface area contributed by atoms with Crippen LogP contribution in [0.5, 0.6) is 0 Å². The van der Waals surface area contributed by atoms with Gasteiger partial charge in [0.15, 0.2) is 0 Å².